The van der Waals surface area contributed by atoms with E-state index >= 15 is 0 Å². The summed E-state index contributed by atoms with van der Waals surface area (Å²) in [5.41, 5.74) is 0.487. The van der Waals surface area contributed by atoms with E-state index in [1.807, 2.05) is 0 Å². The molecule has 0 saturated heterocycles. The second kappa shape index (κ2) is 5.17. The molecule has 88 valence electrons. The maximum Gasteiger partial charge on any atom is 0.177 e. The fourth-order valence-corrected chi connectivity index (χ4v) is 2.58. The molecule has 2 aromatic rings. The van der Waals surface area contributed by atoms with E-state index in [2.05, 4.69) is 0 Å². The Morgan fingerprint density at radius 2 is 2.00 bits per heavy atom. The van der Waals surface area contributed by atoms with Crippen molar-refractivity contribution in [3.05, 3.63) is 55.9 Å². The quantitative estimate of drug-likeness (QED) is 0.753. The molecule has 0 N–H and O–H groups in total. The summed E-state index contributed by atoms with van der Waals surface area (Å²) in [7, 11) is 0. The number of rotatable bonds is 3. The zero-order chi connectivity index (χ0) is 12.4. The van der Waals surface area contributed by atoms with Gasteiger partial charge in [0.2, 0.25) is 0 Å². The second-order valence-corrected chi connectivity index (χ2v) is 5.51. The molecule has 0 radical (unpaired) electrons. The SMILES string of the molecule is O=C(Cc1cccc(F)c1Cl)c1ccc(Cl)s1. The zero-order valence-electron chi connectivity index (χ0n) is 8.54. The number of carbonyl (C=O) groups is 1. The Balaban J connectivity index is 2.21. The largest absolute Gasteiger partial charge is 0.293 e. The summed E-state index contributed by atoms with van der Waals surface area (Å²) in [4.78, 5) is 12.4. The van der Waals surface area contributed by atoms with Crippen LogP contribution in [0, 0.1) is 5.82 Å². The van der Waals surface area contributed by atoms with E-state index in [0.717, 1.165) is 0 Å². The first-order valence-corrected chi connectivity index (χ1v) is 6.36. The van der Waals surface area contributed by atoms with Crippen molar-refractivity contribution in [2.75, 3.05) is 0 Å². The molecular formula is C12H7Cl2FOS. The summed E-state index contributed by atoms with van der Waals surface area (Å²) >= 11 is 12.7. The highest BCUT2D eigenvalue weighted by Crippen LogP contribution is 2.25. The van der Waals surface area contributed by atoms with E-state index in [1.165, 1.54) is 23.5 Å². The van der Waals surface area contributed by atoms with E-state index < -0.39 is 5.82 Å². The van der Waals surface area contributed by atoms with Crippen molar-refractivity contribution in [1.29, 1.82) is 0 Å². The third kappa shape index (κ3) is 2.86. The van der Waals surface area contributed by atoms with Gasteiger partial charge < -0.3 is 0 Å². The minimum absolute atomic E-state index is 0.00324. The molecule has 0 bridgehead atoms. The predicted molar refractivity (Wildman–Crippen MR) is 68.8 cm³/mol. The molecule has 0 atom stereocenters. The van der Waals surface area contributed by atoms with Crippen LogP contribution in [0.25, 0.3) is 0 Å². The number of ketones is 1. The van der Waals surface area contributed by atoms with Crippen LogP contribution in [0.3, 0.4) is 0 Å². The van der Waals surface area contributed by atoms with E-state index in [4.69, 9.17) is 23.2 Å². The van der Waals surface area contributed by atoms with Crippen molar-refractivity contribution in [2.24, 2.45) is 0 Å². The predicted octanol–water partition coefficient (Wildman–Crippen LogP) is 4.62. The standard InChI is InChI=1S/C12H7Cl2FOS/c13-11-5-4-10(17-11)9(16)6-7-2-1-3-8(15)12(7)14/h1-5H,6H2. The average molecular weight is 289 g/mol. The number of halogens is 3. The van der Waals surface area contributed by atoms with E-state index in [0.29, 0.717) is 14.8 Å². The lowest BCUT2D eigenvalue weighted by Crippen LogP contribution is -2.02. The molecule has 2 rings (SSSR count). The van der Waals surface area contributed by atoms with Crippen molar-refractivity contribution < 1.29 is 9.18 Å². The Morgan fingerprint density at radius 3 is 2.65 bits per heavy atom. The Morgan fingerprint density at radius 1 is 1.24 bits per heavy atom. The first kappa shape index (κ1) is 12.6. The van der Waals surface area contributed by atoms with E-state index in [-0.39, 0.29) is 17.2 Å². The molecule has 1 aromatic heterocycles. The average Bonchev–Trinajstić information content (AvgIpc) is 2.72. The first-order chi connectivity index (χ1) is 8.08. The number of carbonyl (C=O) groups excluding carboxylic acids is 1. The minimum atomic E-state index is -0.513. The van der Waals surface area contributed by atoms with Crippen molar-refractivity contribution in [2.45, 2.75) is 6.42 Å². The Hall–Kier alpha value is -0.900. The highest BCUT2D eigenvalue weighted by Gasteiger charge is 2.13. The summed E-state index contributed by atoms with van der Waals surface area (Å²) < 4.78 is 13.7. The van der Waals surface area contributed by atoms with Crippen molar-refractivity contribution in [3.8, 4) is 0 Å². The van der Waals surface area contributed by atoms with Crippen LogP contribution in [-0.4, -0.2) is 5.78 Å². The lowest BCUT2D eigenvalue weighted by atomic mass is 10.1. The number of hydrogen-bond acceptors (Lipinski definition) is 2. The van der Waals surface area contributed by atoms with Gasteiger partial charge in [0.05, 0.1) is 14.2 Å². The van der Waals surface area contributed by atoms with Gasteiger partial charge in [-0.2, -0.15) is 0 Å². The van der Waals surface area contributed by atoms with Crippen molar-refractivity contribution >= 4 is 40.3 Å². The fraction of sp³-hybridized carbons (Fsp3) is 0.0833. The topological polar surface area (TPSA) is 17.1 Å². The third-order valence-electron chi connectivity index (χ3n) is 2.23. The minimum Gasteiger partial charge on any atom is -0.293 e. The normalized spacial score (nSPS) is 10.5. The number of hydrogen-bond donors (Lipinski definition) is 0. The van der Waals surface area contributed by atoms with Gasteiger partial charge in [-0.05, 0) is 23.8 Å². The molecule has 0 unspecified atom stereocenters. The molecule has 1 aromatic carbocycles. The fourth-order valence-electron chi connectivity index (χ4n) is 1.41. The summed E-state index contributed by atoms with van der Waals surface area (Å²) in [5, 5.41) is 0.00324. The summed E-state index contributed by atoms with van der Waals surface area (Å²) in [6, 6.07) is 7.75. The van der Waals surface area contributed by atoms with Gasteiger partial charge >= 0.3 is 0 Å². The van der Waals surface area contributed by atoms with Crippen LogP contribution >= 0.6 is 34.5 Å². The number of benzene rings is 1. The van der Waals surface area contributed by atoms with Gasteiger partial charge in [0.15, 0.2) is 5.78 Å². The van der Waals surface area contributed by atoms with Crippen LogP contribution in [0.5, 0.6) is 0 Å². The van der Waals surface area contributed by atoms with Gasteiger partial charge in [-0.3, -0.25) is 4.79 Å². The number of Topliss-reactive ketones (excluding diaryl/α,β-unsaturated/α-hetero) is 1. The van der Waals surface area contributed by atoms with E-state index in [1.54, 1.807) is 18.2 Å². The van der Waals surface area contributed by atoms with Gasteiger partial charge in [-0.15, -0.1) is 11.3 Å². The van der Waals surface area contributed by atoms with E-state index in [9.17, 15) is 9.18 Å². The molecule has 1 heterocycles. The molecule has 17 heavy (non-hydrogen) atoms. The summed E-state index contributed by atoms with van der Waals surface area (Å²) in [6.45, 7) is 0. The molecular weight excluding hydrogens is 282 g/mol. The Labute approximate surface area is 112 Å². The van der Waals surface area contributed by atoms with Crippen LogP contribution in [0.4, 0.5) is 4.39 Å². The van der Waals surface area contributed by atoms with Gasteiger partial charge in [0, 0.05) is 6.42 Å². The summed E-state index contributed by atoms with van der Waals surface area (Å²) in [6.07, 6.45) is 0.0768. The number of thiophene rings is 1. The molecule has 0 aliphatic carbocycles. The molecule has 0 fully saturated rings. The lowest BCUT2D eigenvalue weighted by molar-refractivity contribution is 0.0997. The molecule has 0 amide bonds. The smallest absolute Gasteiger partial charge is 0.177 e. The monoisotopic (exact) mass is 288 g/mol. The maximum absolute atomic E-state index is 13.2. The molecule has 0 aliphatic rings. The first-order valence-electron chi connectivity index (χ1n) is 4.79. The van der Waals surface area contributed by atoms with Crippen LogP contribution in [0.2, 0.25) is 9.36 Å². The van der Waals surface area contributed by atoms with Crippen LogP contribution in [0.1, 0.15) is 15.2 Å². The van der Waals surface area contributed by atoms with Crippen LogP contribution in [0.15, 0.2) is 30.3 Å². The molecule has 1 nitrogen and oxygen atoms in total. The van der Waals surface area contributed by atoms with Gasteiger partial charge in [0.25, 0.3) is 0 Å². The molecule has 0 saturated carbocycles. The zero-order valence-corrected chi connectivity index (χ0v) is 10.9. The highest BCUT2D eigenvalue weighted by molar-refractivity contribution is 7.18. The van der Waals surface area contributed by atoms with Crippen molar-refractivity contribution in [3.63, 3.8) is 0 Å². The molecule has 5 heteroatoms. The third-order valence-corrected chi connectivity index (χ3v) is 3.93. The van der Waals surface area contributed by atoms with Gasteiger partial charge in [-0.1, -0.05) is 35.3 Å². The maximum atomic E-state index is 13.2. The highest BCUT2D eigenvalue weighted by atomic mass is 35.5. The summed E-state index contributed by atoms with van der Waals surface area (Å²) in [5.74, 6) is -0.629. The van der Waals surface area contributed by atoms with Gasteiger partial charge in [0.1, 0.15) is 5.82 Å². The van der Waals surface area contributed by atoms with Gasteiger partial charge in [-0.25, -0.2) is 4.39 Å². The lowest BCUT2D eigenvalue weighted by Gasteiger charge is -2.03. The van der Waals surface area contributed by atoms with Crippen LogP contribution in [-0.2, 0) is 6.42 Å². The Kier molecular flexibility index (Phi) is 3.82. The second-order valence-electron chi connectivity index (χ2n) is 3.42. The Bertz CT molecular complexity index is 565. The molecule has 0 spiro atoms. The van der Waals surface area contributed by atoms with Crippen molar-refractivity contribution in [1.82, 2.24) is 0 Å². The molecule has 0 aliphatic heterocycles. The van der Waals surface area contributed by atoms with Crippen LogP contribution < -0.4 is 0 Å².